The van der Waals surface area contributed by atoms with E-state index in [4.69, 9.17) is 0 Å². The predicted octanol–water partition coefficient (Wildman–Crippen LogP) is 0.900. The smallest absolute Gasteiger partial charge is 1.00 e. The van der Waals surface area contributed by atoms with E-state index in [1.165, 1.54) is 16.7 Å². The zero-order valence-corrected chi connectivity index (χ0v) is 13.3. The summed E-state index contributed by atoms with van der Waals surface area (Å²) in [6.45, 7) is 4.45. The molecule has 0 spiro atoms. The molecule has 0 heterocycles. The fourth-order valence-electron chi connectivity index (χ4n) is 1.81. The average Bonchev–Trinajstić information content (AvgIpc) is 2.30. The number of benzene rings is 2. The molecule has 2 aromatic carbocycles. The van der Waals surface area contributed by atoms with Crippen molar-refractivity contribution in [1.29, 1.82) is 0 Å². The molecule has 2 aromatic rings. The van der Waals surface area contributed by atoms with Crippen molar-refractivity contribution in [3.8, 4) is 11.1 Å². The van der Waals surface area contributed by atoms with Gasteiger partial charge in [-0.2, -0.15) is 0 Å². The molecule has 0 fully saturated rings. The largest absolute Gasteiger partial charge is 2.00 e. The minimum Gasteiger partial charge on any atom is -1.00 e. The van der Waals surface area contributed by atoms with Crippen molar-refractivity contribution in [3.05, 3.63) is 60.2 Å². The maximum absolute atomic E-state index is 3.28. The van der Waals surface area contributed by atoms with E-state index >= 15 is 0 Å². The zero-order chi connectivity index (χ0) is 10.7. The van der Waals surface area contributed by atoms with Crippen LogP contribution >= 0.6 is 0 Å². The SMILES string of the molecule is CC(C)c1ccccc1-c1[c-]cccc1.[Br-].[Mg+2]. The molecule has 0 atom stereocenters. The minimum absolute atomic E-state index is 0. The Hall–Kier alpha value is -0.314. The van der Waals surface area contributed by atoms with Crippen molar-refractivity contribution in [1.82, 2.24) is 0 Å². The first kappa shape index (κ1) is 16.7. The van der Waals surface area contributed by atoms with Crippen LogP contribution < -0.4 is 17.0 Å². The number of hydrogen-bond donors (Lipinski definition) is 0. The molecule has 0 unspecified atom stereocenters. The summed E-state index contributed by atoms with van der Waals surface area (Å²) in [5, 5.41) is 0. The van der Waals surface area contributed by atoms with Gasteiger partial charge in [-0.3, -0.25) is 0 Å². The Kier molecular flexibility index (Phi) is 7.76. The first-order chi connectivity index (χ1) is 7.29. The fraction of sp³-hybridized carbons (Fsp3) is 0.200. The summed E-state index contributed by atoms with van der Waals surface area (Å²) in [7, 11) is 0. The topological polar surface area (TPSA) is 0 Å². The number of rotatable bonds is 2. The van der Waals surface area contributed by atoms with Gasteiger partial charge in [0.15, 0.2) is 0 Å². The van der Waals surface area contributed by atoms with Crippen LogP contribution in [-0.4, -0.2) is 23.1 Å². The maximum Gasteiger partial charge on any atom is 2.00 e. The van der Waals surface area contributed by atoms with Crippen LogP contribution in [0.1, 0.15) is 25.3 Å². The van der Waals surface area contributed by atoms with Gasteiger partial charge in [-0.25, -0.2) is 0 Å². The fourth-order valence-corrected chi connectivity index (χ4v) is 1.81. The van der Waals surface area contributed by atoms with Crippen LogP contribution in [0.5, 0.6) is 0 Å². The van der Waals surface area contributed by atoms with Crippen LogP contribution in [0.4, 0.5) is 0 Å². The second kappa shape index (κ2) is 7.91. The van der Waals surface area contributed by atoms with Gasteiger partial charge >= 0.3 is 23.1 Å². The molecule has 0 N–H and O–H groups in total. The maximum atomic E-state index is 3.28. The Morgan fingerprint density at radius 3 is 2.18 bits per heavy atom. The van der Waals surface area contributed by atoms with E-state index in [1.54, 1.807) is 0 Å². The second-order valence-electron chi connectivity index (χ2n) is 4.02. The Balaban J connectivity index is 0.00000128. The second-order valence-corrected chi connectivity index (χ2v) is 4.02. The predicted molar refractivity (Wildman–Crippen MR) is 70.6 cm³/mol. The van der Waals surface area contributed by atoms with Crippen molar-refractivity contribution in [2.45, 2.75) is 19.8 Å². The summed E-state index contributed by atoms with van der Waals surface area (Å²) in [5.74, 6) is 0.551. The summed E-state index contributed by atoms with van der Waals surface area (Å²) in [4.78, 5) is 0. The van der Waals surface area contributed by atoms with E-state index in [2.05, 4.69) is 56.3 Å². The Morgan fingerprint density at radius 2 is 1.59 bits per heavy atom. The standard InChI is InChI=1S/C15H15.BrH.Mg/c1-12(2)14-10-6-7-11-15(14)13-8-4-3-5-9-13;;/h3-8,10-12H,1-2H3;1H;/q-1;;+2/p-1. The molecular weight excluding hydrogens is 284 g/mol. The summed E-state index contributed by atoms with van der Waals surface area (Å²) in [6, 6.07) is 20.0. The molecule has 0 bridgehead atoms. The van der Waals surface area contributed by atoms with Gasteiger partial charge in [-0.15, -0.1) is 35.9 Å². The van der Waals surface area contributed by atoms with Gasteiger partial charge in [0.05, 0.1) is 0 Å². The van der Waals surface area contributed by atoms with Crippen molar-refractivity contribution in [3.63, 3.8) is 0 Å². The normalized spacial score (nSPS) is 9.35. The zero-order valence-electron chi connectivity index (χ0n) is 10.3. The van der Waals surface area contributed by atoms with Crippen LogP contribution in [0.3, 0.4) is 0 Å². The molecule has 17 heavy (non-hydrogen) atoms. The first-order valence-electron chi connectivity index (χ1n) is 5.35. The van der Waals surface area contributed by atoms with Gasteiger partial charge in [-0.1, -0.05) is 49.2 Å². The Morgan fingerprint density at radius 1 is 0.941 bits per heavy atom. The van der Waals surface area contributed by atoms with Gasteiger partial charge < -0.3 is 17.0 Å². The summed E-state index contributed by atoms with van der Waals surface area (Å²) >= 11 is 0. The van der Waals surface area contributed by atoms with Crippen molar-refractivity contribution >= 4 is 23.1 Å². The molecule has 0 aliphatic carbocycles. The van der Waals surface area contributed by atoms with Gasteiger partial charge in [0.25, 0.3) is 0 Å². The summed E-state index contributed by atoms with van der Waals surface area (Å²) in [5.41, 5.74) is 3.87. The summed E-state index contributed by atoms with van der Waals surface area (Å²) < 4.78 is 0. The van der Waals surface area contributed by atoms with Crippen LogP contribution in [0.2, 0.25) is 0 Å². The molecule has 0 aliphatic rings. The molecule has 0 amide bonds. The van der Waals surface area contributed by atoms with Crippen molar-refractivity contribution in [2.75, 3.05) is 0 Å². The molecule has 0 saturated heterocycles. The molecule has 0 radical (unpaired) electrons. The third-order valence-electron chi connectivity index (χ3n) is 2.58. The molecule has 2 heteroatoms. The Bertz CT molecular complexity index is 438. The molecular formula is C15H15BrMg. The molecule has 84 valence electrons. The van der Waals surface area contributed by atoms with E-state index < -0.39 is 0 Å². The van der Waals surface area contributed by atoms with Crippen LogP contribution in [0.15, 0.2) is 48.5 Å². The monoisotopic (exact) mass is 298 g/mol. The number of halogens is 1. The third kappa shape index (κ3) is 4.13. The van der Waals surface area contributed by atoms with E-state index in [1.807, 2.05) is 12.1 Å². The van der Waals surface area contributed by atoms with Crippen LogP contribution in [0, 0.1) is 6.07 Å². The van der Waals surface area contributed by atoms with Crippen molar-refractivity contribution in [2.24, 2.45) is 0 Å². The molecule has 0 aromatic heterocycles. The van der Waals surface area contributed by atoms with Gasteiger partial charge in [0.2, 0.25) is 0 Å². The van der Waals surface area contributed by atoms with Gasteiger partial charge in [0.1, 0.15) is 0 Å². The molecule has 0 nitrogen and oxygen atoms in total. The molecule has 0 saturated carbocycles. The van der Waals surface area contributed by atoms with E-state index in [0.717, 1.165) is 0 Å². The van der Waals surface area contributed by atoms with E-state index in [9.17, 15) is 0 Å². The Labute approximate surface area is 130 Å². The molecule has 2 rings (SSSR count). The van der Waals surface area contributed by atoms with E-state index in [-0.39, 0.29) is 40.0 Å². The molecule has 0 aliphatic heterocycles. The van der Waals surface area contributed by atoms with Crippen molar-refractivity contribution < 1.29 is 17.0 Å². The van der Waals surface area contributed by atoms with Crippen LogP contribution in [0.25, 0.3) is 11.1 Å². The van der Waals surface area contributed by atoms with Gasteiger partial charge in [-0.05, 0) is 5.92 Å². The van der Waals surface area contributed by atoms with E-state index in [0.29, 0.717) is 5.92 Å². The van der Waals surface area contributed by atoms with Crippen LogP contribution in [-0.2, 0) is 0 Å². The minimum atomic E-state index is 0. The summed E-state index contributed by atoms with van der Waals surface area (Å²) in [6.07, 6.45) is 0. The van der Waals surface area contributed by atoms with Gasteiger partial charge in [0, 0.05) is 0 Å². The third-order valence-corrected chi connectivity index (χ3v) is 2.58. The quantitative estimate of drug-likeness (QED) is 0.571. The average molecular weight is 299 g/mol. The first-order valence-corrected chi connectivity index (χ1v) is 5.35. The number of hydrogen-bond acceptors (Lipinski definition) is 0.